The molecule has 7 heteroatoms. The van der Waals surface area contributed by atoms with Gasteiger partial charge in [-0.3, -0.25) is 14.4 Å². The highest BCUT2D eigenvalue weighted by molar-refractivity contribution is 6.44. The Labute approximate surface area is 162 Å². The van der Waals surface area contributed by atoms with Crippen LogP contribution < -0.4 is 4.98 Å². The van der Waals surface area contributed by atoms with Gasteiger partial charge < -0.3 is 14.8 Å². The molecule has 0 unspecified atom stereocenters. The summed E-state index contributed by atoms with van der Waals surface area (Å²) in [6.07, 6.45) is 5.02. The molecule has 0 radical (unpaired) electrons. The van der Waals surface area contributed by atoms with Crippen molar-refractivity contribution in [2.45, 2.75) is 13.0 Å². The fourth-order valence-corrected chi connectivity index (χ4v) is 3.65. The fourth-order valence-electron chi connectivity index (χ4n) is 3.65. The van der Waals surface area contributed by atoms with Crippen LogP contribution in [0.25, 0.3) is 10.9 Å². The van der Waals surface area contributed by atoms with Gasteiger partial charge in [0.25, 0.3) is 17.6 Å². The number of nitrogens with one attached hydrogen (secondary N) is 2. The van der Waals surface area contributed by atoms with Crippen LogP contribution in [0.3, 0.4) is 0 Å². The highest BCUT2D eigenvalue weighted by Crippen LogP contribution is 2.19. The topological polar surface area (TPSA) is 87.6 Å². The van der Waals surface area contributed by atoms with Crippen LogP contribution in [-0.4, -0.2) is 58.1 Å². The van der Waals surface area contributed by atoms with Crippen LogP contribution in [0, 0.1) is 0 Å². The molecule has 142 valence electrons. The Kier molecular flexibility index (Phi) is 4.65. The second-order valence-corrected chi connectivity index (χ2v) is 6.97. The van der Waals surface area contributed by atoms with Gasteiger partial charge in [0.15, 0.2) is 12.4 Å². The predicted molar refractivity (Wildman–Crippen MR) is 103 cm³/mol. The third-order valence-corrected chi connectivity index (χ3v) is 5.16. The Hall–Kier alpha value is -3.48. The van der Waals surface area contributed by atoms with Gasteiger partial charge >= 0.3 is 0 Å². The minimum absolute atomic E-state index is 0.0574. The number of nitrogens with zero attached hydrogens (tertiary/aromatic N) is 2. The SMILES string of the molecule is C[C@@H]1CN(C(=O)c2ccccc2)CCN1C(=O)C(=O)c1c[nH]c2cc[nH+]cc12. The monoisotopic (exact) mass is 377 g/mol. The zero-order chi connectivity index (χ0) is 19.7. The van der Waals surface area contributed by atoms with E-state index in [1.54, 1.807) is 40.5 Å². The van der Waals surface area contributed by atoms with E-state index in [0.29, 0.717) is 36.1 Å². The zero-order valence-corrected chi connectivity index (χ0v) is 15.5. The van der Waals surface area contributed by atoms with E-state index in [0.717, 1.165) is 5.52 Å². The number of benzene rings is 1. The number of hydrogen-bond donors (Lipinski definition) is 1. The Bertz CT molecular complexity index is 1040. The minimum atomic E-state index is -0.541. The third-order valence-electron chi connectivity index (χ3n) is 5.16. The van der Waals surface area contributed by atoms with E-state index in [2.05, 4.69) is 9.97 Å². The van der Waals surface area contributed by atoms with Crippen molar-refractivity contribution in [1.82, 2.24) is 14.8 Å². The summed E-state index contributed by atoms with van der Waals surface area (Å²) in [6.45, 7) is 2.99. The maximum Gasteiger partial charge on any atom is 0.295 e. The predicted octanol–water partition coefficient (Wildman–Crippen LogP) is 1.54. The van der Waals surface area contributed by atoms with Crippen LogP contribution in [0.5, 0.6) is 0 Å². The lowest BCUT2D eigenvalue weighted by molar-refractivity contribution is -0.375. The number of hydrogen-bond acceptors (Lipinski definition) is 3. The summed E-state index contributed by atoms with van der Waals surface area (Å²) in [7, 11) is 0. The number of aromatic amines is 2. The van der Waals surface area contributed by atoms with Crippen LogP contribution in [0.1, 0.15) is 27.6 Å². The molecule has 1 fully saturated rings. The Morgan fingerprint density at radius 1 is 1.11 bits per heavy atom. The normalized spacial score (nSPS) is 17.0. The lowest BCUT2D eigenvalue weighted by Gasteiger charge is -2.39. The molecule has 3 aromatic rings. The van der Waals surface area contributed by atoms with Crippen LogP contribution >= 0.6 is 0 Å². The van der Waals surface area contributed by atoms with Crippen molar-refractivity contribution in [3.63, 3.8) is 0 Å². The summed E-state index contributed by atoms with van der Waals surface area (Å²) in [5.74, 6) is -1.14. The van der Waals surface area contributed by atoms with Crippen LogP contribution in [0.4, 0.5) is 0 Å². The van der Waals surface area contributed by atoms with Gasteiger partial charge in [-0.15, -0.1) is 0 Å². The minimum Gasteiger partial charge on any atom is -0.360 e. The Morgan fingerprint density at radius 2 is 1.89 bits per heavy atom. The second-order valence-electron chi connectivity index (χ2n) is 6.97. The summed E-state index contributed by atoms with van der Waals surface area (Å²) in [6, 6.07) is 10.7. The highest BCUT2D eigenvalue weighted by Gasteiger charge is 2.34. The van der Waals surface area contributed by atoms with E-state index in [1.807, 2.05) is 31.2 Å². The first-order chi connectivity index (χ1) is 13.6. The summed E-state index contributed by atoms with van der Waals surface area (Å²) in [5.41, 5.74) is 1.77. The zero-order valence-electron chi connectivity index (χ0n) is 15.5. The first-order valence-corrected chi connectivity index (χ1v) is 9.23. The van der Waals surface area contributed by atoms with E-state index in [1.165, 1.54) is 0 Å². The molecule has 1 aliphatic heterocycles. The molecule has 7 nitrogen and oxygen atoms in total. The molecule has 1 aliphatic rings. The molecule has 1 aromatic carbocycles. The number of carbonyl (C=O) groups is 3. The number of pyridine rings is 1. The largest absolute Gasteiger partial charge is 0.360 e. The lowest BCUT2D eigenvalue weighted by atomic mass is 10.1. The van der Waals surface area contributed by atoms with Gasteiger partial charge in [-0.1, -0.05) is 18.2 Å². The van der Waals surface area contributed by atoms with Crippen molar-refractivity contribution < 1.29 is 19.4 Å². The molecule has 0 aliphatic carbocycles. The van der Waals surface area contributed by atoms with E-state index >= 15 is 0 Å². The summed E-state index contributed by atoms with van der Waals surface area (Å²) in [4.78, 5) is 47.5. The summed E-state index contributed by atoms with van der Waals surface area (Å²) in [5, 5.41) is 0.686. The summed E-state index contributed by atoms with van der Waals surface area (Å²) >= 11 is 0. The number of aromatic nitrogens is 2. The fraction of sp³-hybridized carbons (Fsp3) is 0.238. The van der Waals surface area contributed by atoms with Crippen LogP contribution in [-0.2, 0) is 4.79 Å². The van der Waals surface area contributed by atoms with Crippen molar-refractivity contribution in [1.29, 1.82) is 0 Å². The van der Waals surface area contributed by atoms with Gasteiger partial charge in [0.2, 0.25) is 0 Å². The van der Waals surface area contributed by atoms with Crippen LogP contribution in [0.2, 0.25) is 0 Å². The molecule has 2 aromatic heterocycles. The smallest absolute Gasteiger partial charge is 0.295 e. The van der Waals surface area contributed by atoms with Crippen molar-refractivity contribution in [2.75, 3.05) is 19.6 Å². The molecule has 0 bridgehead atoms. The second kappa shape index (κ2) is 7.26. The van der Waals surface area contributed by atoms with E-state index in [-0.39, 0.29) is 11.9 Å². The maximum absolute atomic E-state index is 12.8. The van der Waals surface area contributed by atoms with Gasteiger partial charge in [0.05, 0.1) is 16.5 Å². The van der Waals surface area contributed by atoms with Gasteiger partial charge in [0.1, 0.15) is 0 Å². The van der Waals surface area contributed by atoms with Crippen molar-refractivity contribution in [3.8, 4) is 0 Å². The number of rotatable bonds is 3. The molecule has 2 N–H and O–H groups in total. The summed E-state index contributed by atoms with van der Waals surface area (Å²) < 4.78 is 0. The molecular weight excluding hydrogens is 356 g/mol. The Morgan fingerprint density at radius 3 is 2.64 bits per heavy atom. The van der Waals surface area contributed by atoms with Crippen molar-refractivity contribution in [3.05, 3.63) is 66.1 Å². The molecular formula is C21H21N4O3+. The molecule has 2 amide bonds. The molecule has 1 atom stereocenters. The van der Waals surface area contributed by atoms with E-state index in [4.69, 9.17) is 0 Å². The van der Waals surface area contributed by atoms with Crippen LogP contribution in [0.15, 0.2) is 55.0 Å². The first-order valence-electron chi connectivity index (χ1n) is 9.23. The number of Topliss-reactive ketones (excluding diaryl/α,β-unsaturated/α-hetero) is 1. The molecule has 0 saturated carbocycles. The van der Waals surface area contributed by atoms with E-state index in [9.17, 15) is 14.4 Å². The van der Waals surface area contributed by atoms with Gasteiger partial charge in [-0.05, 0) is 19.1 Å². The average molecular weight is 377 g/mol. The number of carbonyl (C=O) groups excluding carboxylic acids is 3. The number of amides is 2. The number of ketones is 1. The standard InChI is InChI=1S/C21H20N4O3/c1-14-13-24(20(27)15-5-3-2-4-6-15)9-10-25(14)21(28)19(26)17-12-23-18-7-8-22-11-16(17)18/h2-8,11-12,14,23H,9-10,13H2,1H3/p+1/t14-/m1/s1. The molecule has 0 spiro atoms. The number of fused-ring (bicyclic) bond motifs is 1. The third kappa shape index (κ3) is 3.15. The van der Waals surface area contributed by atoms with Crippen molar-refractivity contribution in [2.24, 2.45) is 0 Å². The lowest BCUT2D eigenvalue weighted by Crippen LogP contribution is -2.56. The van der Waals surface area contributed by atoms with Gasteiger partial charge in [0, 0.05) is 43.5 Å². The number of piperazine rings is 1. The van der Waals surface area contributed by atoms with Gasteiger partial charge in [-0.2, -0.15) is 0 Å². The van der Waals surface area contributed by atoms with Crippen molar-refractivity contribution >= 4 is 28.5 Å². The highest BCUT2D eigenvalue weighted by atomic mass is 16.2. The first kappa shape index (κ1) is 17.9. The average Bonchev–Trinajstić information content (AvgIpc) is 3.17. The number of H-pyrrole nitrogens is 2. The van der Waals surface area contributed by atoms with Gasteiger partial charge in [-0.25, -0.2) is 4.98 Å². The molecule has 28 heavy (non-hydrogen) atoms. The molecule has 1 saturated heterocycles. The molecule has 4 rings (SSSR count). The maximum atomic E-state index is 12.8. The Balaban J connectivity index is 1.48. The molecule has 3 heterocycles. The quantitative estimate of drug-likeness (QED) is 0.555. The van der Waals surface area contributed by atoms with E-state index < -0.39 is 11.7 Å².